The molecule has 6 heteroatoms. The molecule has 0 saturated carbocycles. The van der Waals surface area contributed by atoms with Crippen LogP contribution in [0.3, 0.4) is 0 Å². The minimum atomic E-state index is -0.0789. The van der Waals surface area contributed by atoms with Crippen molar-refractivity contribution in [1.29, 1.82) is 0 Å². The van der Waals surface area contributed by atoms with Crippen LogP contribution in [0.4, 0.5) is 0 Å². The fourth-order valence-corrected chi connectivity index (χ4v) is 4.13. The fraction of sp³-hybridized carbons (Fsp3) is 0.688. The van der Waals surface area contributed by atoms with E-state index in [0.29, 0.717) is 12.0 Å². The number of hydrogen-bond acceptors (Lipinski definition) is 3. The molecule has 2 aliphatic heterocycles. The number of rotatable bonds is 2. The van der Waals surface area contributed by atoms with Crippen LogP contribution in [0.15, 0.2) is 21.8 Å². The first kappa shape index (κ1) is 18.0. The summed E-state index contributed by atoms with van der Waals surface area (Å²) < 4.78 is 5.76. The highest BCUT2D eigenvalue weighted by Crippen LogP contribution is 2.33. The van der Waals surface area contributed by atoms with Gasteiger partial charge in [0, 0.05) is 13.2 Å². The van der Waals surface area contributed by atoms with E-state index < -0.39 is 0 Å². The first-order valence-corrected chi connectivity index (χ1v) is 8.75. The van der Waals surface area contributed by atoms with Crippen LogP contribution in [0, 0.1) is 0 Å². The molecule has 0 spiro atoms. The molecule has 2 aliphatic rings. The van der Waals surface area contributed by atoms with Gasteiger partial charge in [0.15, 0.2) is 5.96 Å². The normalized spacial score (nSPS) is 28.5. The first-order chi connectivity index (χ1) is 10.1. The van der Waals surface area contributed by atoms with E-state index in [2.05, 4.69) is 35.6 Å². The lowest BCUT2D eigenvalue weighted by Crippen LogP contribution is -2.41. The molecule has 0 aliphatic carbocycles. The molecular formula is C16H26IN3OS. The molecule has 0 aromatic carbocycles. The Morgan fingerprint density at radius 1 is 1.45 bits per heavy atom. The number of nitrogens with zero attached hydrogens (tertiary/aromatic N) is 2. The molecule has 2 unspecified atom stereocenters. The van der Waals surface area contributed by atoms with Crippen molar-refractivity contribution >= 4 is 41.3 Å². The summed E-state index contributed by atoms with van der Waals surface area (Å²) in [6, 6.07) is 2.91. The van der Waals surface area contributed by atoms with Crippen LogP contribution in [-0.4, -0.2) is 35.7 Å². The van der Waals surface area contributed by atoms with E-state index in [1.54, 1.807) is 11.3 Å². The van der Waals surface area contributed by atoms with Crippen LogP contribution in [0.1, 0.15) is 51.1 Å². The van der Waals surface area contributed by atoms with Crippen LogP contribution in [0.2, 0.25) is 0 Å². The highest BCUT2D eigenvalue weighted by Gasteiger charge is 2.31. The van der Waals surface area contributed by atoms with Gasteiger partial charge in [0.05, 0.1) is 17.7 Å². The van der Waals surface area contributed by atoms with Gasteiger partial charge < -0.3 is 15.4 Å². The molecule has 0 bridgehead atoms. The Morgan fingerprint density at radius 3 is 2.95 bits per heavy atom. The quantitative estimate of drug-likeness (QED) is 0.437. The maximum Gasteiger partial charge on any atom is 0.192 e. The molecule has 1 aromatic heterocycles. The lowest BCUT2D eigenvalue weighted by atomic mass is 9.94. The van der Waals surface area contributed by atoms with Crippen molar-refractivity contribution in [2.24, 2.45) is 10.7 Å². The second-order valence-electron chi connectivity index (χ2n) is 6.65. The van der Waals surface area contributed by atoms with Crippen molar-refractivity contribution in [2.75, 3.05) is 13.2 Å². The maximum atomic E-state index is 6.33. The van der Waals surface area contributed by atoms with Crippen molar-refractivity contribution in [2.45, 2.75) is 57.2 Å². The van der Waals surface area contributed by atoms with Gasteiger partial charge in [-0.15, -0.1) is 24.0 Å². The Hall–Kier alpha value is -0.340. The van der Waals surface area contributed by atoms with Gasteiger partial charge in [-0.3, -0.25) is 0 Å². The highest BCUT2D eigenvalue weighted by atomic mass is 127. The number of ether oxygens (including phenoxy) is 1. The predicted molar refractivity (Wildman–Crippen MR) is 103 cm³/mol. The molecule has 124 valence electrons. The fourth-order valence-electron chi connectivity index (χ4n) is 3.42. The average molecular weight is 435 g/mol. The molecule has 2 fully saturated rings. The van der Waals surface area contributed by atoms with Crippen molar-refractivity contribution < 1.29 is 4.74 Å². The average Bonchev–Trinajstić information content (AvgIpc) is 3.08. The highest BCUT2D eigenvalue weighted by molar-refractivity contribution is 14.0. The molecule has 2 N–H and O–H groups in total. The Bertz CT molecular complexity index is 503. The number of aliphatic imine (C=N–C) groups is 1. The molecule has 0 radical (unpaired) electrons. The predicted octanol–water partition coefficient (Wildman–Crippen LogP) is 3.78. The SMILES string of the molecule is CC1(C)CC(N=C(N)N2CCCC2c2ccsc2)CCO1.I. The van der Waals surface area contributed by atoms with Gasteiger partial charge in [-0.25, -0.2) is 4.99 Å². The molecule has 3 heterocycles. The van der Waals surface area contributed by atoms with E-state index in [4.69, 9.17) is 15.5 Å². The summed E-state index contributed by atoms with van der Waals surface area (Å²) in [6.45, 7) is 6.06. The zero-order chi connectivity index (χ0) is 14.9. The topological polar surface area (TPSA) is 50.8 Å². The van der Waals surface area contributed by atoms with E-state index in [0.717, 1.165) is 26.0 Å². The first-order valence-electron chi connectivity index (χ1n) is 7.81. The molecule has 4 nitrogen and oxygen atoms in total. The summed E-state index contributed by atoms with van der Waals surface area (Å²) >= 11 is 1.75. The monoisotopic (exact) mass is 435 g/mol. The summed E-state index contributed by atoms with van der Waals surface area (Å²) in [4.78, 5) is 7.10. The standard InChI is InChI=1S/C16H25N3OS.HI/c1-16(2)10-13(5-8-20-16)18-15(17)19-7-3-4-14(19)12-6-9-21-11-12;/h6,9,11,13-14H,3-5,7-8,10H2,1-2H3,(H2,17,18);1H. The Labute approximate surface area is 154 Å². The van der Waals surface area contributed by atoms with Crippen molar-refractivity contribution in [3.05, 3.63) is 22.4 Å². The number of halogens is 1. The molecule has 22 heavy (non-hydrogen) atoms. The summed E-state index contributed by atoms with van der Waals surface area (Å²) in [7, 11) is 0. The maximum absolute atomic E-state index is 6.33. The minimum Gasteiger partial charge on any atom is -0.375 e. The van der Waals surface area contributed by atoms with Gasteiger partial charge in [0.1, 0.15) is 0 Å². The van der Waals surface area contributed by atoms with Gasteiger partial charge >= 0.3 is 0 Å². The molecule has 1 aromatic rings. The summed E-state index contributed by atoms with van der Waals surface area (Å²) in [6.07, 6.45) is 4.29. The zero-order valence-electron chi connectivity index (χ0n) is 13.3. The van der Waals surface area contributed by atoms with Gasteiger partial charge in [0.25, 0.3) is 0 Å². The number of thiophene rings is 1. The number of hydrogen-bond donors (Lipinski definition) is 1. The second-order valence-corrected chi connectivity index (χ2v) is 7.43. The van der Waals surface area contributed by atoms with Crippen LogP contribution >= 0.6 is 35.3 Å². The van der Waals surface area contributed by atoms with Crippen LogP contribution in [0.25, 0.3) is 0 Å². The van der Waals surface area contributed by atoms with Gasteiger partial charge in [0.2, 0.25) is 0 Å². The van der Waals surface area contributed by atoms with E-state index in [1.165, 1.54) is 18.4 Å². The zero-order valence-corrected chi connectivity index (χ0v) is 16.5. The Morgan fingerprint density at radius 2 is 2.27 bits per heavy atom. The third kappa shape index (κ3) is 4.14. The van der Waals surface area contributed by atoms with E-state index >= 15 is 0 Å². The molecule has 2 saturated heterocycles. The molecule has 3 rings (SSSR count). The lowest BCUT2D eigenvalue weighted by molar-refractivity contribution is -0.0576. The van der Waals surface area contributed by atoms with Crippen molar-refractivity contribution in [3.63, 3.8) is 0 Å². The molecule has 0 amide bonds. The Kier molecular flexibility index (Phi) is 6.13. The van der Waals surface area contributed by atoms with E-state index in [1.807, 2.05) is 0 Å². The largest absolute Gasteiger partial charge is 0.375 e. The van der Waals surface area contributed by atoms with Crippen LogP contribution in [-0.2, 0) is 4.74 Å². The van der Waals surface area contributed by atoms with Crippen molar-refractivity contribution in [1.82, 2.24) is 4.90 Å². The number of guanidine groups is 1. The van der Waals surface area contributed by atoms with Gasteiger partial charge in [-0.05, 0) is 61.9 Å². The van der Waals surface area contributed by atoms with Gasteiger partial charge in [-0.2, -0.15) is 11.3 Å². The Balaban J connectivity index is 0.00000176. The second kappa shape index (κ2) is 7.49. The van der Waals surface area contributed by atoms with E-state index in [-0.39, 0.29) is 35.6 Å². The van der Waals surface area contributed by atoms with Crippen LogP contribution < -0.4 is 5.73 Å². The summed E-state index contributed by atoms with van der Waals surface area (Å²) in [5.74, 6) is 0.714. The minimum absolute atomic E-state index is 0. The third-order valence-corrected chi connectivity index (χ3v) is 5.16. The molecule has 2 atom stereocenters. The number of nitrogens with two attached hydrogens (primary N) is 1. The lowest BCUT2D eigenvalue weighted by Gasteiger charge is -2.34. The smallest absolute Gasteiger partial charge is 0.192 e. The summed E-state index contributed by atoms with van der Waals surface area (Å²) in [5, 5.41) is 4.37. The molecular weight excluding hydrogens is 409 g/mol. The number of likely N-dealkylation sites (tertiary alicyclic amines) is 1. The summed E-state index contributed by atoms with van der Waals surface area (Å²) in [5.41, 5.74) is 7.63. The van der Waals surface area contributed by atoms with Crippen molar-refractivity contribution in [3.8, 4) is 0 Å². The van der Waals surface area contributed by atoms with E-state index in [9.17, 15) is 0 Å². The van der Waals surface area contributed by atoms with Crippen LogP contribution in [0.5, 0.6) is 0 Å². The third-order valence-electron chi connectivity index (χ3n) is 4.46. The van der Waals surface area contributed by atoms with Gasteiger partial charge in [-0.1, -0.05) is 0 Å².